The number of aryl methyl sites for hydroxylation is 1. The van der Waals surface area contributed by atoms with Gasteiger partial charge in [-0.05, 0) is 24.6 Å². The van der Waals surface area contributed by atoms with Crippen molar-refractivity contribution in [3.63, 3.8) is 0 Å². The van der Waals surface area contributed by atoms with Gasteiger partial charge in [-0.1, -0.05) is 6.07 Å². The normalized spacial score (nSPS) is 10.2. The number of rotatable bonds is 3. The minimum absolute atomic E-state index is 0.0554. The zero-order valence-corrected chi connectivity index (χ0v) is 8.43. The average Bonchev–Trinajstić information content (AvgIpc) is 2.66. The molecule has 2 heterocycles. The van der Waals surface area contributed by atoms with Crippen LogP contribution in [0.4, 0.5) is 0 Å². The van der Waals surface area contributed by atoms with E-state index in [0.717, 1.165) is 11.3 Å². The fourth-order valence-corrected chi connectivity index (χ4v) is 1.38. The second-order valence-corrected chi connectivity index (χ2v) is 3.41. The van der Waals surface area contributed by atoms with Crippen LogP contribution < -0.4 is 0 Å². The maximum atomic E-state index is 11.7. The number of Topliss-reactive ketones (excluding diaryl/α,β-unsaturated/α-hetero) is 1. The molecule has 15 heavy (non-hydrogen) atoms. The van der Waals surface area contributed by atoms with Gasteiger partial charge in [0.2, 0.25) is 0 Å². The van der Waals surface area contributed by atoms with Gasteiger partial charge in [0, 0.05) is 18.8 Å². The van der Waals surface area contributed by atoms with Gasteiger partial charge in [-0.3, -0.25) is 9.78 Å². The van der Waals surface area contributed by atoms with Crippen molar-refractivity contribution in [1.82, 2.24) is 4.98 Å². The number of aromatic nitrogens is 1. The van der Waals surface area contributed by atoms with E-state index in [1.54, 1.807) is 18.5 Å². The molecule has 0 aromatic carbocycles. The lowest BCUT2D eigenvalue weighted by atomic mass is 10.1. The summed E-state index contributed by atoms with van der Waals surface area (Å²) >= 11 is 0. The average molecular weight is 201 g/mol. The number of ketones is 1. The molecule has 0 fully saturated rings. The Labute approximate surface area is 87.8 Å². The summed E-state index contributed by atoms with van der Waals surface area (Å²) < 4.78 is 5.09. The van der Waals surface area contributed by atoms with Gasteiger partial charge in [0.1, 0.15) is 12.0 Å². The van der Waals surface area contributed by atoms with E-state index in [4.69, 9.17) is 4.42 Å². The van der Waals surface area contributed by atoms with Crippen LogP contribution in [0.2, 0.25) is 0 Å². The number of hydrogen-bond acceptors (Lipinski definition) is 3. The monoisotopic (exact) mass is 201 g/mol. The van der Waals surface area contributed by atoms with Crippen molar-refractivity contribution in [2.45, 2.75) is 13.3 Å². The third kappa shape index (κ3) is 2.31. The predicted molar refractivity (Wildman–Crippen MR) is 55.7 cm³/mol. The van der Waals surface area contributed by atoms with E-state index < -0.39 is 0 Å². The number of furan rings is 1. The molecule has 0 atom stereocenters. The molecule has 0 aliphatic heterocycles. The third-order valence-corrected chi connectivity index (χ3v) is 2.14. The molecule has 0 saturated carbocycles. The minimum atomic E-state index is 0.0554. The minimum Gasteiger partial charge on any atom is -0.469 e. The SMILES string of the molecule is Cc1cc(C(=O)Cc2cccnc2)co1. The molecule has 0 amide bonds. The molecule has 2 aromatic rings. The summed E-state index contributed by atoms with van der Waals surface area (Å²) in [5.41, 5.74) is 1.54. The maximum Gasteiger partial charge on any atom is 0.170 e. The van der Waals surface area contributed by atoms with E-state index >= 15 is 0 Å². The number of pyridine rings is 1. The summed E-state index contributed by atoms with van der Waals surface area (Å²) in [6.07, 6.45) is 5.25. The van der Waals surface area contributed by atoms with Crippen LogP contribution in [0.25, 0.3) is 0 Å². The Morgan fingerprint density at radius 1 is 1.53 bits per heavy atom. The fraction of sp³-hybridized carbons (Fsp3) is 0.167. The van der Waals surface area contributed by atoms with Crippen LogP contribution in [-0.4, -0.2) is 10.8 Å². The first-order chi connectivity index (χ1) is 7.25. The fourth-order valence-electron chi connectivity index (χ4n) is 1.38. The largest absolute Gasteiger partial charge is 0.469 e. The van der Waals surface area contributed by atoms with Gasteiger partial charge in [0.25, 0.3) is 0 Å². The lowest BCUT2D eigenvalue weighted by Crippen LogP contribution is -2.02. The molecule has 0 bridgehead atoms. The van der Waals surface area contributed by atoms with Crippen LogP contribution >= 0.6 is 0 Å². The molecule has 0 unspecified atom stereocenters. The summed E-state index contributed by atoms with van der Waals surface area (Å²) in [7, 11) is 0. The van der Waals surface area contributed by atoms with Crippen LogP contribution in [0.5, 0.6) is 0 Å². The molecule has 0 aliphatic carbocycles. The molecule has 0 N–H and O–H groups in total. The van der Waals surface area contributed by atoms with Gasteiger partial charge >= 0.3 is 0 Å². The smallest absolute Gasteiger partial charge is 0.170 e. The molecular weight excluding hydrogens is 190 g/mol. The highest BCUT2D eigenvalue weighted by Crippen LogP contribution is 2.10. The van der Waals surface area contributed by atoms with Crippen LogP contribution in [0.1, 0.15) is 21.7 Å². The lowest BCUT2D eigenvalue weighted by molar-refractivity contribution is 0.0992. The summed E-state index contributed by atoms with van der Waals surface area (Å²) in [6, 6.07) is 5.46. The number of carbonyl (C=O) groups excluding carboxylic acids is 1. The molecule has 0 radical (unpaired) electrons. The highest BCUT2D eigenvalue weighted by Gasteiger charge is 2.09. The Balaban J connectivity index is 2.11. The molecular formula is C12H11NO2. The van der Waals surface area contributed by atoms with E-state index in [9.17, 15) is 4.79 Å². The van der Waals surface area contributed by atoms with Crippen LogP contribution in [0.3, 0.4) is 0 Å². The second-order valence-electron chi connectivity index (χ2n) is 3.41. The van der Waals surface area contributed by atoms with E-state index in [1.807, 2.05) is 19.1 Å². The molecule has 0 saturated heterocycles. The highest BCUT2D eigenvalue weighted by molar-refractivity contribution is 5.97. The number of hydrogen-bond donors (Lipinski definition) is 0. The van der Waals surface area contributed by atoms with Crippen molar-refractivity contribution < 1.29 is 9.21 Å². The summed E-state index contributed by atoms with van der Waals surface area (Å²) in [5, 5.41) is 0. The number of nitrogens with zero attached hydrogens (tertiary/aromatic N) is 1. The first kappa shape index (κ1) is 9.65. The zero-order chi connectivity index (χ0) is 10.7. The van der Waals surface area contributed by atoms with E-state index in [1.165, 1.54) is 6.26 Å². The van der Waals surface area contributed by atoms with Gasteiger partial charge in [-0.15, -0.1) is 0 Å². The van der Waals surface area contributed by atoms with Gasteiger partial charge < -0.3 is 4.42 Å². The summed E-state index contributed by atoms with van der Waals surface area (Å²) in [4.78, 5) is 15.7. The van der Waals surface area contributed by atoms with Gasteiger partial charge in [0.05, 0.1) is 5.56 Å². The standard InChI is InChI=1S/C12H11NO2/c1-9-5-11(8-15-9)12(14)6-10-3-2-4-13-7-10/h2-5,7-8H,6H2,1H3. The lowest BCUT2D eigenvalue weighted by Gasteiger charge is -1.96. The molecule has 2 rings (SSSR count). The highest BCUT2D eigenvalue weighted by atomic mass is 16.3. The maximum absolute atomic E-state index is 11.7. The Hall–Kier alpha value is -1.90. The quantitative estimate of drug-likeness (QED) is 0.716. The first-order valence-electron chi connectivity index (χ1n) is 4.73. The van der Waals surface area contributed by atoms with Crippen molar-refractivity contribution in [1.29, 1.82) is 0 Å². The molecule has 76 valence electrons. The van der Waals surface area contributed by atoms with Gasteiger partial charge in [0.15, 0.2) is 5.78 Å². The van der Waals surface area contributed by atoms with Crippen molar-refractivity contribution in [2.24, 2.45) is 0 Å². The number of carbonyl (C=O) groups is 1. The summed E-state index contributed by atoms with van der Waals surface area (Å²) in [5.74, 6) is 0.810. The van der Waals surface area contributed by atoms with Crippen molar-refractivity contribution >= 4 is 5.78 Å². The van der Waals surface area contributed by atoms with Crippen LogP contribution in [-0.2, 0) is 6.42 Å². The molecule has 0 aliphatic rings. The van der Waals surface area contributed by atoms with E-state index in [2.05, 4.69) is 4.98 Å². The van der Waals surface area contributed by atoms with Crippen molar-refractivity contribution in [2.75, 3.05) is 0 Å². The topological polar surface area (TPSA) is 43.1 Å². The Bertz CT molecular complexity index is 459. The zero-order valence-electron chi connectivity index (χ0n) is 8.43. The van der Waals surface area contributed by atoms with Gasteiger partial charge in [-0.25, -0.2) is 0 Å². The van der Waals surface area contributed by atoms with Crippen molar-refractivity contribution in [3.8, 4) is 0 Å². The second kappa shape index (κ2) is 4.09. The third-order valence-electron chi connectivity index (χ3n) is 2.14. The molecule has 3 nitrogen and oxygen atoms in total. The molecule has 3 heteroatoms. The first-order valence-corrected chi connectivity index (χ1v) is 4.73. The Kier molecular flexibility index (Phi) is 2.63. The molecule has 2 aromatic heterocycles. The van der Waals surface area contributed by atoms with Crippen LogP contribution in [0.15, 0.2) is 41.3 Å². The molecule has 0 spiro atoms. The van der Waals surface area contributed by atoms with Gasteiger partial charge in [-0.2, -0.15) is 0 Å². The Morgan fingerprint density at radius 3 is 3.00 bits per heavy atom. The van der Waals surface area contributed by atoms with E-state index in [-0.39, 0.29) is 5.78 Å². The van der Waals surface area contributed by atoms with E-state index in [0.29, 0.717) is 12.0 Å². The predicted octanol–water partition coefficient (Wildman–Crippen LogP) is 2.41. The Morgan fingerprint density at radius 2 is 2.40 bits per heavy atom. The van der Waals surface area contributed by atoms with Crippen LogP contribution in [0, 0.1) is 6.92 Å². The summed E-state index contributed by atoms with van der Waals surface area (Å²) in [6.45, 7) is 1.82. The van der Waals surface area contributed by atoms with Crippen molar-refractivity contribution in [3.05, 3.63) is 53.7 Å².